The number of fused-ring (bicyclic) bond motifs is 1. The van der Waals surface area contributed by atoms with Crippen LogP contribution in [0.5, 0.6) is 0 Å². The number of ketones is 2. The second kappa shape index (κ2) is 12.7. The van der Waals surface area contributed by atoms with E-state index in [2.05, 4.69) is 6.92 Å². The van der Waals surface area contributed by atoms with Crippen LogP contribution in [0.25, 0.3) is 0 Å². The molecule has 166 valence electrons. The van der Waals surface area contributed by atoms with Crippen LogP contribution >= 0.6 is 0 Å². The Morgan fingerprint density at radius 1 is 0.767 bits per heavy atom. The third-order valence-corrected chi connectivity index (χ3v) is 6.94. The fourth-order valence-electron chi connectivity index (χ4n) is 3.79. The van der Waals surface area contributed by atoms with Gasteiger partial charge in [0.15, 0.2) is 0 Å². The van der Waals surface area contributed by atoms with Crippen molar-refractivity contribution in [1.82, 2.24) is 0 Å². The Morgan fingerprint density at radius 3 is 1.87 bits per heavy atom. The SMILES string of the molecule is CCCCCCCCCCCCS(=O)c1cccc2c1C(=O)C(OC)=C(OC)C2=O. The standard InChI is InChI=1S/C24H34O5S/c1-4-5-6-7-8-9-10-11-12-13-17-30(27)19-16-14-15-18-20(19)22(26)24(29-3)23(28-2)21(18)25/h14-16H,4-13,17H2,1-3H3. The van der Waals surface area contributed by atoms with Crippen LogP contribution in [0.15, 0.2) is 34.6 Å². The van der Waals surface area contributed by atoms with Gasteiger partial charge in [-0.2, -0.15) is 0 Å². The number of carbonyl (C=O) groups excluding carboxylic acids is 2. The lowest BCUT2D eigenvalue weighted by atomic mass is 9.92. The van der Waals surface area contributed by atoms with E-state index in [-0.39, 0.29) is 22.6 Å². The van der Waals surface area contributed by atoms with Crippen LogP contribution in [0.3, 0.4) is 0 Å². The molecule has 6 heteroatoms. The number of carbonyl (C=O) groups is 2. The molecule has 1 aromatic carbocycles. The summed E-state index contributed by atoms with van der Waals surface area (Å²) in [5, 5.41) is 0. The summed E-state index contributed by atoms with van der Waals surface area (Å²) in [6.07, 6.45) is 12.1. The molecule has 0 saturated carbocycles. The Morgan fingerprint density at radius 2 is 1.30 bits per heavy atom. The minimum atomic E-state index is -1.34. The Hall–Kier alpha value is -1.95. The minimum absolute atomic E-state index is 0.104. The number of allylic oxidation sites excluding steroid dienone is 2. The number of Topliss-reactive ketones (excluding diaryl/α,β-unsaturated/α-hetero) is 2. The lowest BCUT2D eigenvalue weighted by Gasteiger charge is -2.20. The third kappa shape index (κ3) is 6.03. The van der Waals surface area contributed by atoms with Gasteiger partial charge in [-0.3, -0.25) is 13.8 Å². The molecule has 0 bridgehead atoms. The van der Waals surface area contributed by atoms with Crippen LogP contribution in [-0.4, -0.2) is 35.7 Å². The van der Waals surface area contributed by atoms with Gasteiger partial charge in [-0.05, 0) is 12.5 Å². The van der Waals surface area contributed by atoms with Crippen LogP contribution in [0.4, 0.5) is 0 Å². The molecule has 0 radical (unpaired) electrons. The molecule has 1 aromatic rings. The highest BCUT2D eigenvalue weighted by atomic mass is 32.2. The van der Waals surface area contributed by atoms with Crippen LogP contribution < -0.4 is 0 Å². The molecular weight excluding hydrogens is 400 g/mol. The molecule has 0 aliphatic heterocycles. The number of ether oxygens (including phenoxy) is 2. The van der Waals surface area contributed by atoms with Gasteiger partial charge in [-0.15, -0.1) is 0 Å². The zero-order chi connectivity index (χ0) is 21.9. The fraction of sp³-hybridized carbons (Fsp3) is 0.583. The van der Waals surface area contributed by atoms with Crippen molar-refractivity contribution in [3.63, 3.8) is 0 Å². The van der Waals surface area contributed by atoms with Crippen molar-refractivity contribution < 1.29 is 23.3 Å². The van der Waals surface area contributed by atoms with Crippen molar-refractivity contribution in [2.75, 3.05) is 20.0 Å². The van der Waals surface area contributed by atoms with Gasteiger partial charge >= 0.3 is 0 Å². The molecule has 2 rings (SSSR count). The molecule has 0 heterocycles. The monoisotopic (exact) mass is 434 g/mol. The molecule has 0 N–H and O–H groups in total. The molecule has 0 saturated heterocycles. The van der Waals surface area contributed by atoms with Gasteiger partial charge in [0.1, 0.15) is 0 Å². The second-order valence-corrected chi connectivity index (χ2v) is 9.17. The van der Waals surface area contributed by atoms with Crippen LogP contribution in [0, 0.1) is 0 Å². The fourth-order valence-corrected chi connectivity index (χ4v) is 5.13. The number of hydrogen-bond acceptors (Lipinski definition) is 5. The Bertz CT molecular complexity index is 797. The molecule has 0 amide bonds. The zero-order valence-corrected chi connectivity index (χ0v) is 19.3. The van der Waals surface area contributed by atoms with Crippen molar-refractivity contribution in [3.05, 3.63) is 40.8 Å². The zero-order valence-electron chi connectivity index (χ0n) is 18.5. The molecular formula is C24H34O5S. The number of benzene rings is 1. The van der Waals surface area contributed by atoms with Gasteiger partial charge in [0.2, 0.25) is 23.1 Å². The van der Waals surface area contributed by atoms with E-state index >= 15 is 0 Å². The first-order chi connectivity index (χ1) is 14.6. The molecule has 1 aliphatic rings. The largest absolute Gasteiger partial charge is 0.489 e. The molecule has 0 spiro atoms. The molecule has 1 atom stereocenters. The van der Waals surface area contributed by atoms with Crippen LogP contribution in [-0.2, 0) is 20.3 Å². The van der Waals surface area contributed by atoms with Gasteiger partial charge in [-0.1, -0.05) is 76.8 Å². The molecule has 5 nitrogen and oxygen atoms in total. The number of hydrogen-bond donors (Lipinski definition) is 0. The summed E-state index contributed by atoms with van der Waals surface area (Å²) in [6.45, 7) is 2.23. The summed E-state index contributed by atoms with van der Waals surface area (Å²) < 4.78 is 23.1. The maximum Gasteiger partial charge on any atom is 0.233 e. The molecule has 1 unspecified atom stereocenters. The first-order valence-electron chi connectivity index (χ1n) is 11.0. The van der Waals surface area contributed by atoms with E-state index in [1.165, 1.54) is 59.2 Å². The van der Waals surface area contributed by atoms with Crippen molar-refractivity contribution in [3.8, 4) is 0 Å². The van der Waals surface area contributed by atoms with Gasteiger partial charge in [0.25, 0.3) is 0 Å². The van der Waals surface area contributed by atoms with Gasteiger partial charge in [0, 0.05) is 11.3 Å². The van der Waals surface area contributed by atoms with Gasteiger partial charge < -0.3 is 9.47 Å². The summed E-state index contributed by atoms with van der Waals surface area (Å²) in [6, 6.07) is 4.91. The minimum Gasteiger partial charge on any atom is -0.489 e. The van der Waals surface area contributed by atoms with Crippen LogP contribution in [0.2, 0.25) is 0 Å². The van der Waals surface area contributed by atoms with Crippen molar-refractivity contribution in [2.45, 2.75) is 76.0 Å². The molecule has 30 heavy (non-hydrogen) atoms. The topological polar surface area (TPSA) is 69.7 Å². The highest BCUT2D eigenvalue weighted by Crippen LogP contribution is 2.31. The smallest absolute Gasteiger partial charge is 0.233 e. The maximum absolute atomic E-state index is 12.9. The van der Waals surface area contributed by atoms with E-state index in [9.17, 15) is 13.8 Å². The summed E-state index contributed by atoms with van der Waals surface area (Å²) in [4.78, 5) is 26.0. The normalized spacial score (nSPS) is 14.6. The highest BCUT2D eigenvalue weighted by Gasteiger charge is 2.37. The van der Waals surface area contributed by atoms with Crippen molar-refractivity contribution in [2.24, 2.45) is 0 Å². The van der Waals surface area contributed by atoms with E-state index < -0.39 is 22.4 Å². The number of rotatable bonds is 14. The first-order valence-corrected chi connectivity index (χ1v) is 12.3. The molecule has 0 aromatic heterocycles. The average molecular weight is 435 g/mol. The highest BCUT2D eigenvalue weighted by molar-refractivity contribution is 7.85. The van der Waals surface area contributed by atoms with E-state index in [0.29, 0.717) is 10.6 Å². The number of methoxy groups -OCH3 is 2. The van der Waals surface area contributed by atoms with Gasteiger partial charge in [0.05, 0.1) is 35.5 Å². The van der Waals surface area contributed by atoms with E-state index in [4.69, 9.17) is 9.47 Å². The van der Waals surface area contributed by atoms with Crippen LogP contribution in [0.1, 0.15) is 91.8 Å². The first kappa shape index (κ1) is 24.3. The number of unbranched alkanes of at least 4 members (excludes halogenated alkanes) is 9. The van der Waals surface area contributed by atoms with Gasteiger partial charge in [-0.25, -0.2) is 0 Å². The third-order valence-electron chi connectivity index (χ3n) is 5.45. The Kier molecular flexibility index (Phi) is 10.3. The quantitative estimate of drug-likeness (QED) is 0.357. The predicted octanol–water partition coefficient (Wildman–Crippen LogP) is 5.60. The summed E-state index contributed by atoms with van der Waals surface area (Å²) >= 11 is 0. The lowest BCUT2D eigenvalue weighted by molar-refractivity contribution is 0.0826. The van der Waals surface area contributed by atoms with E-state index in [0.717, 1.165) is 19.3 Å². The van der Waals surface area contributed by atoms with Crippen molar-refractivity contribution in [1.29, 1.82) is 0 Å². The Labute approximate surface area is 182 Å². The Balaban J connectivity index is 1.90. The predicted molar refractivity (Wildman–Crippen MR) is 119 cm³/mol. The van der Waals surface area contributed by atoms with Crippen molar-refractivity contribution >= 4 is 22.4 Å². The lowest BCUT2D eigenvalue weighted by Crippen LogP contribution is -2.25. The summed E-state index contributed by atoms with van der Waals surface area (Å²) in [5.41, 5.74) is 0.414. The van der Waals surface area contributed by atoms with E-state index in [1.54, 1.807) is 18.2 Å². The summed E-state index contributed by atoms with van der Waals surface area (Å²) in [7, 11) is 1.32. The summed E-state index contributed by atoms with van der Waals surface area (Å²) in [5.74, 6) is -0.610. The second-order valence-electron chi connectivity index (χ2n) is 7.64. The maximum atomic E-state index is 12.9. The molecule has 0 fully saturated rings. The average Bonchev–Trinajstić information content (AvgIpc) is 2.76. The van der Waals surface area contributed by atoms with E-state index in [1.807, 2.05) is 0 Å². The molecule has 1 aliphatic carbocycles.